The summed E-state index contributed by atoms with van der Waals surface area (Å²) < 4.78 is 8.22. The SMILES string of the molecule is CCOC(=O)c1cc(NC(=O)Nc2cc(C)n(-c3ccccc3Cl)n2)cn1C. The van der Waals surface area contributed by atoms with Crippen LogP contribution in [0, 0.1) is 6.92 Å². The van der Waals surface area contributed by atoms with E-state index in [0.29, 0.717) is 22.2 Å². The van der Waals surface area contributed by atoms with E-state index in [1.165, 1.54) is 0 Å². The Kier molecular flexibility index (Phi) is 5.70. The van der Waals surface area contributed by atoms with E-state index in [1.54, 1.807) is 47.6 Å². The number of benzene rings is 1. The summed E-state index contributed by atoms with van der Waals surface area (Å²) in [5.74, 6) is -0.0796. The molecule has 0 atom stereocenters. The molecule has 1 aromatic carbocycles. The summed E-state index contributed by atoms with van der Waals surface area (Å²) in [6.45, 7) is 3.88. The monoisotopic (exact) mass is 401 g/mol. The van der Waals surface area contributed by atoms with Crippen molar-refractivity contribution in [2.45, 2.75) is 13.8 Å². The lowest BCUT2D eigenvalue weighted by Gasteiger charge is -2.06. The quantitative estimate of drug-likeness (QED) is 0.632. The zero-order valence-electron chi connectivity index (χ0n) is 15.7. The average Bonchev–Trinajstić information content (AvgIpc) is 3.17. The van der Waals surface area contributed by atoms with Crippen LogP contribution >= 0.6 is 11.6 Å². The van der Waals surface area contributed by atoms with Crippen molar-refractivity contribution >= 4 is 35.1 Å². The van der Waals surface area contributed by atoms with Gasteiger partial charge in [0.05, 0.1) is 23.0 Å². The van der Waals surface area contributed by atoms with Gasteiger partial charge in [-0.2, -0.15) is 0 Å². The second kappa shape index (κ2) is 8.18. The van der Waals surface area contributed by atoms with E-state index in [0.717, 1.165) is 11.4 Å². The van der Waals surface area contributed by atoms with Crippen LogP contribution in [-0.4, -0.2) is 33.0 Å². The van der Waals surface area contributed by atoms with Gasteiger partial charge in [0.25, 0.3) is 0 Å². The number of rotatable bonds is 5. The van der Waals surface area contributed by atoms with Gasteiger partial charge < -0.3 is 14.6 Å². The van der Waals surface area contributed by atoms with Crippen molar-refractivity contribution in [2.24, 2.45) is 7.05 Å². The Labute approximate surface area is 167 Å². The maximum absolute atomic E-state index is 12.3. The number of nitrogens with zero attached hydrogens (tertiary/aromatic N) is 3. The zero-order chi connectivity index (χ0) is 20.3. The van der Waals surface area contributed by atoms with Gasteiger partial charge in [0, 0.05) is 25.0 Å². The summed E-state index contributed by atoms with van der Waals surface area (Å²) in [6.07, 6.45) is 1.62. The number of para-hydroxylation sites is 1. The van der Waals surface area contributed by atoms with Crippen LogP contribution in [0.25, 0.3) is 5.69 Å². The lowest BCUT2D eigenvalue weighted by atomic mass is 10.3. The van der Waals surface area contributed by atoms with Crippen LogP contribution in [0.15, 0.2) is 42.6 Å². The highest BCUT2D eigenvalue weighted by atomic mass is 35.5. The highest BCUT2D eigenvalue weighted by Gasteiger charge is 2.15. The normalized spacial score (nSPS) is 10.6. The summed E-state index contributed by atoms with van der Waals surface area (Å²) in [5.41, 5.74) is 2.34. The zero-order valence-corrected chi connectivity index (χ0v) is 16.4. The Morgan fingerprint density at radius 3 is 2.68 bits per heavy atom. The molecule has 0 radical (unpaired) electrons. The van der Waals surface area contributed by atoms with Gasteiger partial charge in [-0.15, -0.1) is 5.10 Å². The number of ether oxygens (including phenoxy) is 1. The standard InChI is InChI=1S/C19H20ClN5O3/c1-4-28-18(26)16-10-13(11-24(16)3)21-19(27)22-17-9-12(2)25(23-17)15-8-6-5-7-14(15)20/h5-11H,4H2,1-3H3,(H2,21,22,23,27). The molecule has 0 aliphatic rings. The highest BCUT2D eigenvalue weighted by molar-refractivity contribution is 6.32. The van der Waals surface area contributed by atoms with Gasteiger partial charge in [0.2, 0.25) is 0 Å². The van der Waals surface area contributed by atoms with Gasteiger partial charge >= 0.3 is 12.0 Å². The minimum absolute atomic E-state index is 0.278. The molecule has 0 aliphatic heterocycles. The van der Waals surface area contributed by atoms with E-state index in [9.17, 15) is 9.59 Å². The van der Waals surface area contributed by atoms with Crippen molar-refractivity contribution in [1.29, 1.82) is 0 Å². The minimum Gasteiger partial charge on any atom is -0.461 e. The summed E-state index contributed by atoms with van der Waals surface area (Å²) in [4.78, 5) is 24.2. The van der Waals surface area contributed by atoms with Gasteiger partial charge in [-0.25, -0.2) is 14.3 Å². The molecule has 2 amide bonds. The Morgan fingerprint density at radius 1 is 1.21 bits per heavy atom. The highest BCUT2D eigenvalue weighted by Crippen LogP contribution is 2.22. The van der Waals surface area contributed by atoms with Gasteiger partial charge in [-0.1, -0.05) is 23.7 Å². The third-order valence-electron chi connectivity index (χ3n) is 3.96. The number of carbonyl (C=O) groups excluding carboxylic acids is 2. The van der Waals surface area contributed by atoms with E-state index < -0.39 is 12.0 Å². The maximum atomic E-state index is 12.3. The smallest absolute Gasteiger partial charge is 0.355 e. The number of esters is 1. The van der Waals surface area contributed by atoms with E-state index in [4.69, 9.17) is 16.3 Å². The number of anilines is 2. The molecule has 9 heteroatoms. The number of amides is 2. The molecule has 0 fully saturated rings. The molecule has 28 heavy (non-hydrogen) atoms. The molecule has 8 nitrogen and oxygen atoms in total. The van der Waals surface area contributed by atoms with Crippen LogP contribution in [0.2, 0.25) is 5.02 Å². The molecule has 2 N–H and O–H groups in total. The molecule has 3 rings (SSSR count). The van der Waals surface area contributed by atoms with Crippen LogP contribution in [0.5, 0.6) is 0 Å². The van der Waals surface area contributed by atoms with Crippen molar-refractivity contribution in [2.75, 3.05) is 17.2 Å². The molecular weight excluding hydrogens is 382 g/mol. The molecule has 0 saturated heterocycles. The van der Waals surface area contributed by atoms with Gasteiger partial charge in [0.1, 0.15) is 5.69 Å². The molecule has 0 spiro atoms. The fourth-order valence-corrected chi connectivity index (χ4v) is 2.94. The predicted molar refractivity (Wildman–Crippen MR) is 107 cm³/mol. The summed E-state index contributed by atoms with van der Waals surface area (Å²) >= 11 is 6.22. The molecule has 3 aromatic rings. The molecule has 2 heterocycles. The molecule has 2 aromatic heterocycles. The van der Waals surface area contributed by atoms with Crippen molar-refractivity contribution in [3.05, 3.63) is 59.0 Å². The molecular formula is C19H20ClN5O3. The average molecular weight is 402 g/mol. The second-order valence-corrected chi connectivity index (χ2v) is 6.47. The lowest BCUT2D eigenvalue weighted by molar-refractivity contribution is 0.0515. The third-order valence-corrected chi connectivity index (χ3v) is 4.28. The summed E-state index contributed by atoms with van der Waals surface area (Å²) in [7, 11) is 1.70. The maximum Gasteiger partial charge on any atom is 0.355 e. The van der Waals surface area contributed by atoms with E-state index in [-0.39, 0.29) is 6.61 Å². The van der Waals surface area contributed by atoms with Crippen molar-refractivity contribution < 1.29 is 14.3 Å². The van der Waals surface area contributed by atoms with Crippen molar-refractivity contribution in [3.8, 4) is 5.69 Å². The van der Waals surface area contributed by atoms with Gasteiger partial charge in [-0.05, 0) is 32.0 Å². The number of urea groups is 1. The molecule has 0 unspecified atom stereocenters. The predicted octanol–water partition coefficient (Wildman–Crippen LogP) is 3.99. The number of hydrogen-bond acceptors (Lipinski definition) is 4. The first-order valence-corrected chi connectivity index (χ1v) is 9.00. The van der Waals surface area contributed by atoms with Crippen LogP contribution in [0.4, 0.5) is 16.3 Å². The van der Waals surface area contributed by atoms with Crippen molar-refractivity contribution in [3.63, 3.8) is 0 Å². The Bertz CT molecular complexity index is 1020. The van der Waals surface area contributed by atoms with Gasteiger partial charge in [-0.3, -0.25) is 5.32 Å². The Balaban J connectivity index is 1.71. The van der Waals surface area contributed by atoms with Crippen LogP contribution < -0.4 is 10.6 Å². The van der Waals surface area contributed by atoms with E-state index in [1.807, 2.05) is 25.1 Å². The van der Waals surface area contributed by atoms with Crippen LogP contribution in [0.1, 0.15) is 23.1 Å². The third kappa shape index (κ3) is 4.17. The number of halogens is 1. The van der Waals surface area contributed by atoms with Crippen LogP contribution in [-0.2, 0) is 11.8 Å². The molecule has 0 bridgehead atoms. The number of carbonyl (C=O) groups is 2. The lowest BCUT2D eigenvalue weighted by Crippen LogP contribution is -2.19. The van der Waals surface area contributed by atoms with Crippen molar-refractivity contribution in [1.82, 2.24) is 14.3 Å². The summed E-state index contributed by atoms with van der Waals surface area (Å²) in [6, 6.07) is 10.1. The Hall–Kier alpha value is -3.26. The van der Waals surface area contributed by atoms with E-state index >= 15 is 0 Å². The number of aromatic nitrogens is 3. The number of nitrogens with one attached hydrogen (secondary N) is 2. The minimum atomic E-state index is -0.482. The van der Waals surface area contributed by atoms with Crippen LogP contribution in [0.3, 0.4) is 0 Å². The molecule has 0 aliphatic carbocycles. The summed E-state index contributed by atoms with van der Waals surface area (Å²) in [5, 5.41) is 10.3. The molecule has 0 saturated carbocycles. The molecule has 146 valence electrons. The number of aryl methyl sites for hydroxylation is 2. The Morgan fingerprint density at radius 2 is 1.96 bits per heavy atom. The fraction of sp³-hybridized carbons (Fsp3) is 0.211. The second-order valence-electron chi connectivity index (χ2n) is 6.06. The fourth-order valence-electron chi connectivity index (χ4n) is 2.72. The first-order chi connectivity index (χ1) is 13.4. The first kappa shape index (κ1) is 19.5. The van der Waals surface area contributed by atoms with Gasteiger partial charge in [0.15, 0.2) is 5.82 Å². The van der Waals surface area contributed by atoms with E-state index in [2.05, 4.69) is 15.7 Å². The topological polar surface area (TPSA) is 90.2 Å². The number of hydrogen-bond donors (Lipinski definition) is 2. The largest absolute Gasteiger partial charge is 0.461 e. The first-order valence-electron chi connectivity index (χ1n) is 8.62.